The molecule has 1 aromatic carbocycles. The van der Waals surface area contributed by atoms with Crippen molar-refractivity contribution in [2.75, 3.05) is 0 Å². The summed E-state index contributed by atoms with van der Waals surface area (Å²) < 4.78 is 45.5. The number of nitrogens with zero attached hydrogens (tertiary/aromatic N) is 2. The van der Waals surface area contributed by atoms with Crippen molar-refractivity contribution in [1.82, 2.24) is 9.55 Å². The molecule has 0 aliphatic carbocycles. The van der Waals surface area contributed by atoms with Gasteiger partial charge in [-0.1, -0.05) is 6.92 Å². The number of imidazole rings is 1. The number of rotatable bonds is 1. The second-order valence-corrected chi connectivity index (χ2v) is 4.68. The molecular formula is C13H13F3N2O. The fourth-order valence-electron chi connectivity index (χ4n) is 2.37. The Hall–Kier alpha value is -1.56. The highest BCUT2D eigenvalue weighted by Gasteiger charge is 2.31. The summed E-state index contributed by atoms with van der Waals surface area (Å²) >= 11 is 0. The number of benzene rings is 1. The van der Waals surface area contributed by atoms with Crippen molar-refractivity contribution in [3.63, 3.8) is 0 Å². The van der Waals surface area contributed by atoms with Crippen LogP contribution in [0, 0.1) is 0 Å². The summed E-state index contributed by atoms with van der Waals surface area (Å²) in [5.41, 5.74) is 0.457. The molecule has 1 atom stereocenters. The van der Waals surface area contributed by atoms with Gasteiger partial charge in [0.2, 0.25) is 0 Å². The predicted molar refractivity (Wildman–Crippen MR) is 63.6 cm³/mol. The number of fused-ring (bicyclic) bond motifs is 3. The Labute approximate surface area is 108 Å². The Morgan fingerprint density at radius 2 is 2.21 bits per heavy atom. The summed E-state index contributed by atoms with van der Waals surface area (Å²) in [6.07, 6.45) is -3.35. The van der Waals surface area contributed by atoms with Crippen LogP contribution in [0.2, 0.25) is 0 Å². The first-order chi connectivity index (χ1) is 8.99. The molecule has 3 rings (SSSR count). The lowest BCUT2D eigenvalue weighted by molar-refractivity contribution is -0.137. The van der Waals surface area contributed by atoms with E-state index in [0.29, 0.717) is 24.5 Å². The Morgan fingerprint density at radius 1 is 1.42 bits per heavy atom. The standard InChI is InChI=1S/C13H13F3N2O/c1-2-9-6-18-11-4-3-8(13(14,15)16)5-10(11)17-12(18)7-19-9/h3-5,9H,2,6-7H2,1H3. The van der Waals surface area contributed by atoms with E-state index >= 15 is 0 Å². The minimum Gasteiger partial charge on any atom is -0.368 e. The molecule has 0 amide bonds. The fraction of sp³-hybridized carbons (Fsp3) is 0.462. The zero-order chi connectivity index (χ0) is 13.6. The third kappa shape index (κ3) is 2.10. The molecular weight excluding hydrogens is 257 g/mol. The average Bonchev–Trinajstić information content (AvgIpc) is 2.74. The predicted octanol–water partition coefficient (Wildman–Crippen LogP) is 3.36. The van der Waals surface area contributed by atoms with E-state index in [2.05, 4.69) is 4.98 Å². The molecule has 1 aliphatic rings. The van der Waals surface area contributed by atoms with Crippen LogP contribution >= 0.6 is 0 Å². The molecule has 1 aliphatic heterocycles. The quantitative estimate of drug-likeness (QED) is 0.794. The van der Waals surface area contributed by atoms with Crippen LogP contribution in [0.1, 0.15) is 24.7 Å². The van der Waals surface area contributed by atoms with Gasteiger partial charge in [0, 0.05) is 0 Å². The molecule has 102 valence electrons. The highest BCUT2D eigenvalue weighted by Crippen LogP contribution is 2.32. The van der Waals surface area contributed by atoms with Crippen LogP contribution in [0.3, 0.4) is 0 Å². The molecule has 0 fully saturated rings. The highest BCUT2D eigenvalue weighted by atomic mass is 19.4. The topological polar surface area (TPSA) is 27.1 Å². The van der Waals surface area contributed by atoms with Gasteiger partial charge in [0.1, 0.15) is 12.4 Å². The smallest absolute Gasteiger partial charge is 0.368 e. The van der Waals surface area contributed by atoms with Gasteiger partial charge in [0.25, 0.3) is 0 Å². The van der Waals surface area contributed by atoms with Crippen LogP contribution in [0.4, 0.5) is 13.2 Å². The molecule has 3 nitrogen and oxygen atoms in total. The number of alkyl halides is 3. The second-order valence-electron chi connectivity index (χ2n) is 4.68. The zero-order valence-corrected chi connectivity index (χ0v) is 10.4. The molecule has 0 saturated heterocycles. The number of halogens is 3. The van der Waals surface area contributed by atoms with E-state index in [9.17, 15) is 13.2 Å². The largest absolute Gasteiger partial charge is 0.416 e. The molecule has 0 radical (unpaired) electrons. The Morgan fingerprint density at radius 3 is 2.89 bits per heavy atom. The third-order valence-corrected chi connectivity index (χ3v) is 3.44. The number of hydrogen-bond acceptors (Lipinski definition) is 2. The normalized spacial score (nSPS) is 19.7. The Balaban J connectivity index is 2.09. The van der Waals surface area contributed by atoms with Crippen molar-refractivity contribution in [1.29, 1.82) is 0 Å². The van der Waals surface area contributed by atoms with Crippen LogP contribution in [0.15, 0.2) is 18.2 Å². The summed E-state index contributed by atoms with van der Waals surface area (Å²) in [5, 5.41) is 0. The molecule has 2 aromatic rings. The summed E-state index contributed by atoms with van der Waals surface area (Å²) in [6.45, 7) is 3.03. The maximum atomic E-state index is 12.7. The summed E-state index contributed by atoms with van der Waals surface area (Å²) in [6, 6.07) is 3.70. The van der Waals surface area contributed by atoms with Crippen molar-refractivity contribution >= 4 is 11.0 Å². The second kappa shape index (κ2) is 4.23. The van der Waals surface area contributed by atoms with Gasteiger partial charge in [-0.3, -0.25) is 0 Å². The van der Waals surface area contributed by atoms with Gasteiger partial charge in [-0.2, -0.15) is 13.2 Å². The Kier molecular flexibility index (Phi) is 2.78. The van der Waals surface area contributed by atoms with Crippen molar-refractivity contribution in [2.45, 2.75) is 38.8 Å². The van der Waals surface area contributed by atoms with Gasteiger partial charge >= 0.3 is 6.18 Å². The molecule has 0 bridgehead atoms. The third-order valence-electron chi connectivity index (χ3n) is 3.44. The molecule has 0 spiro atoms. The molecule has 19 heavy (non-hydrogen) atoms. The summed E-state index contributed by atoms with van der Waals surface area (Å²) in [5.74, 6) is 0.694. The molecule has 6 heteroatoms. The highest BCUT2D eigenvalue weighted by molar-refractivity contribution is 5.77. The van der Waals surface area contributed by atoms with Crippen LogP contribution in [0.5, 0.6) is 0 Å². The Bertz CT molecular complexity index is 618. The van der Waals surface area contributed by atoms with Gasteiger partial charge in [0.15, 0.2) is 0 Å². The van der Waals surface area contributed by atoms with E-state index < -0.39 is 11.7 Å². The molecule has 0 saturated carbocycles. The van der Waals surface area contributed by atoms with Crippen LogP contribution < -0.4 is 0 Å². The van der Waals surface area contributed by atoms with E-state index in [1.807, 2.05) is 11.5 Å². The number of ether oxygens (including phenoxy) is 1. The van der Waals surface area contributed by atoms with Gasteiger partial charge in [-0.25, -0.2) is 4.98 Å². The van der Waals surface area contributed by atoms with Crippen molar-refractivity contribution in [3.05, 3.63) is 29.6 Å². The minimum absolute atomic E-state index is 0.104. The zero-order valence-electron chi connectivity index (χ0n) is 10.4. The maximum Gasteiger partial charge on any atom is 0.416 e. The van der Waals surface area contributed by atoms with E-state index in [-0.39, 0.29) is 6.10 Å². The first-order valence-electron chi connectivity index (χ1n) is 6.17. The first-order valence-corrected chi connectivity index (χ1v) is 6.17. The first kappa shape index (κ1) is 12.5. The lowest BCUT2D eigenvalue weighted by Crippen LogP contribution is -2.26. The van der Waals surface area contributed by atoms with E-state index in [1.54, 1.807) is 0 Å². The summed E-state index contributed by atoms with van der Waals surface area (Å²) in [4.78, 5) is 4.23. The molecule has 1 aromatic heterocycles. The lowest BCUT2D eigenvalue weighted by atomic mass is 10.2. The van der Waals surface area contributed by atoms with E-state index in [4.69, 9.17) is 4.74 Å². The average molecular weight is 270 g/mol. The van der Waals surface area contributed by atoms with Gasteiger partial charge in [-0.15, -0.1) is 0 Å². The van der Waals surface area contributed by atoms with E-state index in [0.717, 1.165) is 24.1 Å². The summed E-state index contributed by atoms with van der Waals surface area (Å²) in [7, 11) is 0. The fourth-order valence-corrected chi connectivity index (χ4v) is 2.37. The van der Waals surface area contributed by atoms with E-state index in [1.165, 1.54) is 6.07 Å². The van der Waals surface area contributed by atoms with Crippen LogP contribution in [0.25, 0.3) is 11.0 Å². The number of hydrogen-bond donors (Lipinski definition) is 0. The monoisotopic (exact) mass is 270 g/mol. The molecule has 0 N–H and O–H groups in total. The lowest BCUT2D eigenvalue weighted by Gasteiger charge is -2.23. The van der Waals surface area contributed by atoms with Crippen molar-refractivity contribution < 1.29 is 17.9 Å². The van der Waals surface area contributed by atoms with Gasteiger partial charge in [-0.05, 0) is 24.6 Å². The minimum atomic E-state index is -4.33. The maximum absolute atomic E-state index is 12.7. The van der Waals surface area contributed by atoms with Crippen molar-refractivity contribution in [3.8, 4) is 0 Å². The molecule has 1 unspecified atom stereocenters. The van der Waals surface area contributed by atoms with Gasteiger partial charge < -0.3 is 9.30 Å². The molecule has 2 heterocycles. The van der Waals surface area contributed by atoms with Crippen molar-refractivity contribution in [2.24, 2.45) is 0 Å². The SMILES string of the molecule is CCC1Cn2c(nc3cc(C(F)(F)F)ccc32)CO1. The van der Waals surface area contributed by atoms with Crippen LogP contribution in [-0.4, -0.2) is 15.7 Å². The van der Waals surface area contributed by atoms with Crippen LogP contribution in [-0.2, 0) is 24.1 Å². The number of aromatic nitrogens is 2. The van der Waals surface area contributed by atoms with Gasteiger partial charge in [0.05, 0.1) is 29.2 Å².